The van der Waals surface area contributed by atoms with E-state index < -0.39 is 35.0 Å². The third-order valence-corrected chi connectivity index (χ3v) is 9.70. The molecule has 2 unspecified atom stereocenters. The zero-order chi connectivity index (χ0) is 28.3. The fraction of sp³-hybridized carbons (Fsp3) is 0.619. The molecule has 0 aromatic carbocycles. The Hall–Kier alpha value is -2.71. The molecule has 0 radical (unpaired) electrons. The summed E-state index contributed by atoms with van der Waals surface area (Å²) < 4.78 is 4.44. The lowest BCUT2D eigenvalue weighted by molar-refractivity contribution is -0.150. The Labute approximate surface area is 241 Å². The van der Waals surface area contributed by atoms with Gasteiger partial charge in [-0.1, -0.05) is 16.9 Å². The second-order valence-corrected chi connectivity index (χ2v) is 12.1. The lowest BCUT2D eigenvalue weighted by Crippen LogP contribution is -2.72. The number of nitrogens with zero attached hydrogens (tertiary/aromatic N) is 7. The number of hydrogen-bond donors (Lipinski definition) is 5. The number of thioether (sulfide) groups is 2. The molecule has 3 atom stereocenters. The van der Waals surface area contributed by atoms with E-state index in [4.69, 9.17) is 16.3 Å². The minimum absolute atomic E-state index is 0.0973. The first-order chi connectivity index (χ1) is 19.3. The molecule has 0 bridgehead atoms. The Balaban J connectivity index is 1.28. The lowest BCUT2D eigenvalue weighted by atomic mass is 10.0. The molecular weight excluding hydrogens is 583 g/mol. The molecule has 40 heavy (non-hydrogen) atoms. The second-order valence-electron chi connectivity index (χ2n) is 9.41. The number of aromatic nitrogens is 4. The minimum Gasteiger partial charge on any atom is -0.477 e. The number of carbonyl (C=O) groups excluding carboxylic acids is 2. The number of amides is 2. The van der Waals surface area contributed by atoms with Gasteiger partial charge in [0.05, 0.1) is 5.55 Å². The van der Waals surface area contributed by atoms with E-state index in [-0.39, 0.29) is 23.3 Å². The van der Waals surface area contributed by atoms with Crippen LogP contribution in [0.3, 0.4) is 0 Å². The van der Waals surface area contributed by atoms with E-state index in [1.165, 1.54) is 34.0 Å². The van der Waals surface area contributed by atoms with Gasteiger partial charge in [-0.15, -0.1) is 16.9 Å². The SMILES string of the molecule is NCCCn1nnnc1SCC1=C(C(=O)O)N2C(=O)C(NC(=O)/C(=N\OC3CCCC3)C3(N)N=CSN3)[C@H]2SC1. The maximum atomic E-state index is 13.3. The molecule has 19 heteroatoms. The van der Waals surface area contributed by atoms with Crippen LogP contribution in [-0.4, -0.2) is 101 Å². The van der Waals surface area contributed by atoms with Crippen LogP contribution >= 0.6 is 35.5 Å². The number of aliphatic carboxylic acids is 1. The Bertz CT molecular complexity index is 1250. The maximum Gasteiger partial charge on any atom is 0.352 e. The van der Waals surface area contributed by atoms with Crippen molar-refractivity contribution in [1.82, 2.24) is 35.1 Å². The van der Waals surface area contributed by atoms with Crippen molar-refractivity contribution in [3.8, 4) is 0 Å². The number of nitrogens with two attached hydrogens (primary N) is 2. The van der Waals surface area contributed by atoms with Crippen LogP contribution in [0.1, 0.15) is 32.1 Å². The number of tetrazole rings is 1. The summed E-state index contributed by atoms with van der Waals surface area (Å²) in [6.45, 7) is 1.03. The summed E-state index contributed by atoms with van der Waals surface area (Å²) in [7, 11) is 0. The zero-order valence-corrected chi connectivity index (χ0v) is 23.7. The minimum atomic E-state index is -1.63. The number of aryl methyl sites for hydroxylation is 1. The average Bonchev–Trinajstić information content (AvgIpc) is 3.72. The van der Waals surface area contributed by atoms with Crippen LogP contribution in [0, 0.1) is 0 Å². The van der Waals surface area contributed by atoms with Crippen molar-refractivity contribution in [3.63, 3.8) is 0 Å². The molecule has 1 aliphatic carbocycles. The molecule has 1 aromatic heterocycles. The van der Waals surface area contributed by atoms with Gasteiger partial charge >= 0.3 is 5.97 Å². The molecule has 7 N–H and O–H groups in total. The molecule has 5 rings (SSSR count). The fourth-order valence-electron chi connectivity index (χ4n) is 4.60. The zero-order valence-electron chi connectivity index (χ0n) is 21.3. The van der Waals surface area contributed by atoms with Crippen molar-refractivity contribution in [2.75, 3.05) is 18.1 Å². The summed E-state index contributed by atoms with van der Waals surface area (Å²) in [6.07, 6.45) is 4.24. The van der Waals surface area contributed by atoms with Gasteiger partial charge in [-0.3, -0.25) is 20.2 Å². The summed E-state index contributed by atoms with van der Waals surface area (Å²) in [5, 5.41) is 28.3. The number of carboxylic acids is 1. The number of rotatable bonds is 12. The summed E-state index contributed by atoms with van der Waals surface area (Å²) >= 11 is 3.74. The molecule has 1 saturated carbocycles. The van der Waals surface area contributed by atoms with Crippen LogP contribution in [0.25, 0.3) is 0 Å². The molecule has 2 fully saturated rings. The number of carbonyl (C=O) groups is 3. The van der Waals surface area contributed by atoms with E-state index in [2.05, 4.69) is 35.7 Å². The summed E-state index contributed by atoms with van der Waals surface area (Å²) in [6, 6.07) is -0.970. The summed E-state index contributed by atoms with van der Waals surface area (Å²) in [5.74, 6) is -3.51. The molecule has 3 aliphatic heterocycles. The largest absolute Gasteiger partial charge is 0.477 e. The van der Waals surface area contributed by atoms with Crippen LogP contribution in [-0.2, 0) is 25.8 Å². The summed E-state index contributed by atoms with van der Waals surface area (Å²) in [4.78, 5) is 49.7. The molecule has 0 spiro atoms. The highest BCUT2D eigenvalue weighted by atomic mass is 32.2. The van der Waals surface area contributed by atoms with Crippen molar-refractivity contribution >= 4 is 64.5 Å². The average molecular weight is 612 g/mol. The Morgan fingerprint density at radius 3 is 2.88 bits per heavy atom. The highest BCUT2D eigenvalue weighted by Gasteiger charge is 2.55. The fourth-order valence-corrected chi connectivity index (χ4v) is 7.59. The molecule has 1 aromatic rings. The molecule has 216 valence electrons. The predicted octanol–water partition coefficient (Wildman–Crippen LogP) is -0.940. The molecule has 1 saturated heterocycles. The van der Waals surface area contributed by atoms with E-state index in [0.717, 1.165) is 37.6 Å². The van der Waals surface area contributed by atoms with Crippen molar-refractivity contribution in [1.29, 1.82) is 0 Å². The van der Waals surface area contributed by atoms with Gasteiger partial charge in [-0.25, -0.2) is 19.2 Å². The van der Waals surface area contributed by atoms with E-state index in [9.17, 15) is 19.5 Å². The number of carboxylic acid groups (broad SMARTS) is 1. The number of aliphatic imine (C=N–C) groups is 1. The summed E-state index contributed by atoms with van der Waals surface area (Å²) in [5.41, 5.74) is 13.5. The van der Waals surface area contributed by atoms with Gasteiger partial charge in [0.1, 0.15) is 23.2 Å². The molecule has 4 aliphatic rings. The topological polar surface area (TPSA) is 228 Å². The smallest absolute Gasteiger partial charge is 0.352 e. The van der Waals surface area contributed by atoms with Crippen LogP contribution in [0.5, 0.6) is 0 Å². The van der Waals surface area contributed by atoms with Gasteiger partial charge in [-0.05, 0) is 66.6 Å². The highest BCUT2D eigenvalue weighted by molar-refractivity contribution is 8.10. The van der Waals surface area contributed by atoms with Gasteiger partial charge in [0.25, 0.3) is 11.8 Å². The highest BCUT2D eigenvalue weighted by Crippen LogP contribution is 2.41. The van der Waals surface area contributed by atoms with Crippen molar-refractivity contribution in [3.05, 3.63) is 11.3 Å². The van der Waals surface area contributed by atoms with Crippen LogP contribution in [0.4, 0.5) is 0 Å². The third kappa shape index (κ3) is 5.84. The predicted molar refractivity (Wildman–Crippen MR) is 149 cm³/mol. The van der Waals surface area contributed by atoms with E-state index in [1.54, 1.807) is 4.68 Å². The number of nitrogens with one attached hydrogen (secondary N) is 2. The van der Waals surface area contributed by atoms with Crippen LogP contribution in [0.15, 0.2) is 26.6 Å². The number of oxime groups is 1. The van der Waals surface area contributed by atoms with E-state index in [1.807, 2.05) is 0 Å². The van der Waals surface area contributed by atoms with Gasteiger partial charge in [0.15, 0.2) is 0 Å². The van der Waals surface area contributed by atoms with Gasteiger partial charge in [0, 0.05) is 18.1 Å². The Morgan fingerprint density at radius 2 is 2.17 bits per heavy atom. The van der Waals surface area contributed by atoms with Crippen LogP contribution in [0.2, 0.25) is 0 Å². The van der Waals surface area contributed by atoms with Gasteiger partial charge < -0.3 is 21.0 Å². The first-order valence-corrected chi connectivity index (χ1v) is 15.5. The van der Waals surface area contributed by atoms with Crippen molar-refractivity contribution in [2.24, 2.45) is 21.6 Å². The molecular formula is C21H29N11O5S3. The normalized spacial score (nSPS) is 26.7. The van der Waals surface area contributed by atoms with E-state index >= 15 is 0 Å². The number of β-lactam (4-membered cyclic amide) rings is 1. The standard InChI is InChI=1S/C21H29N11O5S3/c22-6-3-7-31-20(26-29-30-31)39-9-11-8-38-18-13(17(34)32(18)14(11)19(35)36)25-16(33)15(21(23)24-10-40-28-21)27-37-12-4-1-2-5-12/h10,12-13,18,28H,1-9,22-23H2,(H,25,33)(H,35,36)/b27-15+/t13?,18-,21?/m1/s1. The second kappa shape index (κ2) is 12.4. The Morgan fingerprint density at radius 1 is 1.38 bits per heavy atom. The maximum absolute atomic E-state index is 13.3. The van der Waals surface area contributed by atoms with Crippen molar-refractivity contribution in [2.45, 2.75) is 67.1 Å². The first-order valence-electron chi connectivity index (χ1n) is 12.6. The first kappa shape index (κ1) is 28.8. The van der Waals surface area contributed by atoms with Crippen LogP contribution < -0.4 is 21.5 Å². The van der Waals surface area contributed by atoms with E-state index in [0.29, 0.717) is 36.0 Å². The molecule has 16 nitrogen and oxygen atoms in total. The number of fused-ring (bicyclic) bond motifs is 1. The Kier molecular flexibility index (Phi) is 8.95. The lowest BCUT2D eigenvalue weighted by Gasteiger charge is -2.49. The van der Waals surface area contributed by atoms with Gasteiger partial charge in [-0.2, -0.15) is 0 Å². The molecule has 2 amide bonds. The number of hydrogen-bond acceptors (Lipinski definition) is 15. The monoisotopic (exact) mass is 611 g/mol. The molecule has 4 heterocycles. The third-order valence-electron chi connectivity index (χ3n) is 6.68. The quantitative estimate of drug-likeness (QED) is 0.0632. The van der Waals surface area contributed by atoms with Gasteiger partial charge in [0.2, 0.25) is 16.7 Å². The van der Waals surface area contributed by atoms with Crippen molar-refractivity contribution < 1.29 is 24.3 Å².